The smallest absolute Gasteiger partial charge is 0.242 e. The molecule has 0 aromatic heterocycles. The monoisotopic (exact) mass is 430 g/mol. The Hall–Kier alpha value is -3.60. The number of rotatable bonds is 10. The van der Waals surface area contributed by atoms with E-state index in [2.05, 4.69) is 5.32 Å². The predicted molar refractivity (Wildman–Crippen MR) is 126 cm³/mol. The number of benzene rings is 3. The Morgan fingerprint density at radius 1 is 0.844 bits per heavy atom. The zero-order valence-electron chi connectivity index (χ0n) is 18.7. The van der Waals surface area contributed by atoms with Crippen molar-refractivity contribution in [1.29, 1.82) is 0 Å². The molecule has 5 heteroatoms. The summed E-state index contributed by atoms with van der Waals surface area (Å²) in [6.45, 7) is 2.57. The van der Waals surface area contributed by atoms with E-state index in [9.17, 15) is 9.59 Å². The Labute approximate surface area is 190 Å². The van der Waals surface area contributed by atoms with Crippen LogP contribution in [0.15, 0.2) is 84.9 Å². The highest BCUT2D eigenvalue weighted by molar-refractivity contribution is 5.87. The summed E-state index contributed by atoms with van der Waals surface area (Å²) in [6, 6.07) is 26.6. The molecule has 0 saturated heterocycles. The Morgan fingerprint density at radius 2 is 1.44 bits per heavy atom. The van der Waals surface area contributed by atoms with Gasteiger partial charge in [0.05, 0.1) is 7.11 Å². The number of hydrogen-bond acceptors (Lipinski definition) is 3. The summed E-state index contributed by atoms with van der Waals surface area (Å²) in [5.74, 6) is 0.534. The van der Waals surface area contributed by atoms with Gasteiger partial charge < -0.3 is 15.0 Å². The fourth-order valence-electron chi connectivity index (χ4n) is 3.48. The number of hydrogen-bond donors (Lipinski definition) is 1. The van der Waals surface area contributed by atoms with E-state index in [1.54, 1.807) is 18.9 Å². The number of aryl methyl sites for hydroxylation is 1. The number of carbonyl (C=O) groups is 2. The third-order valence-electron chi connectivity index (χ3n) is 5.46. The Morgan fingerprint density at radius 3 is 2.03 bits per heavy atom. The van der Waals surface area contributed by atoms with Crippen LogP contribution in [0.25, 0.3) is 0 Å². The third-order valence-corrected chi connectivity index (χ3v) is 5.46. The number of nitrogens with one attached hydrogen (secondary N) is 1. The topological polar surface area (TPSA) is 58.6 Å². The van der Waals surface area contributed by atoms with Crippen LogP contribution in [0.1, 0.15) is 30.0 Å². The molecule has 3 aromatic carbocycles. The number of methoxy groups -OCH3 is 1. The SMILES string of the molecule is COc1ccc(CN(C(=O)CCc2ccccc2)[C@H](C)C(=O)NCc2ccccc2)cc1. The quantitative estimate of drug-likeness (QED) is 0.520. The fourth-order valence-corrected chi connectivity index (χ4v) is 3.48. The summed E-state index contributed by atoms with van der Waals surface area (Å²) in [7, 11) is 1.62. The van der Waals surface area contributed by atoms with Crippen LogP contribution in [0.4, 0.5) is 0 Å². The van der Waals surface area contributed by atoms with Gasteiger partial charge in [-0.3, -0.25) is 9.59 Å². The molecular formula is C27H30N2O3. The molecule has 0 spiro atoms. The Bertz CT molecular complexity index is 988. The van der Waals surface area contributed by atoms with Crippen molar-refractivity contribution in [3.05, 3.63) is 102 Å². The lowest BCUT2D eigenvalue weighted by Crippen LogP contribution is -2.47. The lowest BCUT2D eigenvalue weighted by molar-refractivity contribution is -0.140. The van der Waals surface area contributed by atoms with Crippen molar-refractivity contribution in [1.82, 2.24) is 10.2 Å². The summed E-state index contributed by atoms with van der Waals surface area (Å²) >= 11 is 0. The zero-order chi connectivity index (χ0) is 22.8. The normalized spacial score (nSPS) is 11.4. The second-order valence-corrected chi connectivity index (χ2v) is 7.73. The molecule has 1 N–H and O–H groups in total. The van der Waals surface area contributed by atoms with Crippen molar-refractivity contribution in [3.8, 4) is 5.75 Å². The minimum absolute atomic E-state index is 0.0490. The van der Waals surface area contributed by atoms with Gasteiger partial charge >= 0.3 is 0 Å². The molecule has 32 heavy (non-hydrogen) atoms. The summed E-state index contributed by atoms with van der Waals surface area (Å²) < 4.78 is 5.22. The molecule has 0 aliphatic carbocycles. The van der Waals surface area contributed by atoms with Gasteiger partial charge in [0.25, 0.3) is 0 Å². The summed E-state index contributed by atoms with van der Waals surface area (Å²) in [4.78, 5) is 27.7. The molecule has 5 nitrogen and oxygen atoms in total. The van der Waals surface area contributed by atoms with Gasteiger partial charge in [0.15, 0.2) is 0 Å². The van der Waals surface area contributed by atoms with E-state index in [0.717, 1.165) is 22.4 Å². The van der Waals surface area contributed by atoms with E-state index in [1.165, 1.54) is 0 Å². The van der Waals surface area contributed by atoms with E-state index < -0.39 is 6.04 Å². The van der Waals surface area contributed by atoms with Gasteiger partial charge in [0, 0.05) is 19.5 Å². The molecule has 0 radical (unpaired) electrons. The molecular weight excluding hydrogens is 400 g/mol. The van der Waals surface area contributed by atoms with Gasteiger partial charge in [-0.15, -0.1) is 0 Å². The molecule has 0 heterocycles. The highest BCUT2D eigenvalue weighted by Gasteiger charge is 2.25. The maximum absolute atomic E-state index is 13.2. The van der Waals surface area contributed by atoms with Gasteiger partial charge in [-0.1, -0.05) is 72.8 Å². The van der Waals surface area contributed by atoms with Gasteiger partial charge in [-0.25, -0.2) is 0 Å². The van der Waals surface area contributed by atoms with Crippen LogP contribution in [-0.4, -0.2) is 29.9 Å². The predicted octanol–water partition coefficient (Wildman–Crippen LogP) is 4.36. The largest absolute Gasteiger partial charge is 0.497 e. The number of carbonyl (C=O) groups excluding carboxylic acids is 2. The van der Waals surface area contributed by atoms with Crippen molar-refractivity contribution in [2.45, 2.75) is 38.9 Å². The van der Waals surface area contributed by atoms with Crippen LogP contribution < -0.4 is 10.1 Å². The minimum atomic E-state index is -0.593. The number of amides is 2. The van der Waals surface area contributed by atoms with Crippen molar-refractivity contribution >= 4 is 11.8 Å². The van der Waals surface area contributed by atoms with E-state index in [4.69, 9.17) is 4.74 Å². The van der Waals surface area contributed by atoms with Crippen LogP contribution >= 0.6 is 0 Å². The van der Waals surface area contributed by atoms with E-state index in [1.807, 2.05) is 84.9 Å². The molecule has 0 saturated carbocycles. The maximum Gasteiger partial charge on any atom is 0.242 e. The van der Waals surface area contributed by atoms with E-state index in [-0.39, 0.29) is 11.8 Å². The average Bonchev–Trinajstić information content (AvgIpc) is 2.85. The second kappa shape index (κ2) is 11.7. The standard InChI is InChI=1S/C27H30N2O3/c1-21(27(31)28-19-23-11-7-4-8-12-23)29(20-24-13-16-25(32-2)17-14-24)26(30)18-15-22-9-5-3-6-10-22/h3-14,16-17,21H,15,18-20H2,1-2H3,(H,28,31)/t21-/m1/s1. The molecule has 166 valence electrons. The molecule has 0 unspecified atom stereocenters. The van der Waals surface area contributed by atoms with Crippen LogP contribution in [0.5, 0.6) is 5.75 Å². The summed E-state index contributed by atoms with van der Waals surface area (Å²) in [6.07, 6.45) is 0.980. The van der Waals surface area contributed by atoms with Gasteiger partial charge in [0.1, 0.15) is 11.8 Å². The molecule has 0 fully saturated rings. The fraction of sp³-hybridized carbons (Fsp3) is 0.259. The van der Waals surface area contributed by atoms with Crippen LogP contribution in [0.2, 0.25) is 0 Å². The lowest BCUT2D eigenvalue weighted by atomic mass is 10.1. The average molecular weight is 431 g/mol. The summed E-state index contributed by atoms with van der Waals surface area (Å²) in [5.41, 5.74) is 3.07. The molecule has 0 bridgehead atoms. The van der Waals surface area contributed by atoms with E-state index in [0.29, 0.717) is 25.9 Å². The molecule has 0 aliphatic rings. The van der Waals surface area contributed by atoms with Crippen molar-refractivity contribution in [2.24, 2.45) is 0 Å². The highest BCUT2D eigenvalue weighted by Crippen LogP contribution is 2.16. The second-order valence-electron chi connectivity index (χ2n) is 7.73. The third kappa shape index (κ3) is 6.71. The first-order valence-corrected chi connectivity index (χ1v) is 10.8. The van der Waals surface area contributed by atoms with Gasteiger partial charge in [-0.05, 0) is 42.2 Å². The van der Waals surface area contributed by atoms with Crippen molar-refractivity contribution in [2.75, 3.05) is 7.11 Å². The first-order chi connectivity index (χ1) is 15.6. The first kappa shape index (κ1) is 23.1. The number of ether oxygens (including phenoxy) is 1. The van der Waals surface area contributed by atoms with Crippen molar-refractivity contribution in [3.63, 3.8) is 0 Å². The molecule has 1 atom stereocenters. The van der Waals surface area contributed by atoms with Gasteiger partial charge in [-0.2, -0.15) is 0 Å². The number of nitrogens with zero attached hydrogens (tertiary/aromatic N) is 1. The molecule has 0 aliphatic heterocycles. The lowest BCUT2D eigenvalue weighted by Gasteiger charge is -2.29. The van der Waals surface area contributed by atoms with Crippen LogP contribution in [-0.2, 0) is 29.1 Å². The molecule has 3 rings (SSSR count). The Balaban J connectivity index is 1.69. The van der Waals surface area contributed by atoms with Crippen LogP contribution in [0.3, 0.4) is 0 Å². The van der Waals surface area contributed by atoms with E-state index >= 15 is 0 Å². The minimum Gasteiger partial charge on any atom is -0.497 e. The van der Waals surface area contributed by atoms with Crippen molar-refractivity contribution < 1.29 is 14.3 Å². The zero-order valence-corrected chi connectivity index (χ0v) is 18.7. The van der Waals surface area contributed by atoms with Gasteiger partial charge in [0.2, 0.25) is 11.8 Å². The maximum atomic E-state index is 13.2. The molecule has 3 aromatic rings. The molecule has 2 amide bonds. The summed E-state index contributed by atoms with van der Waals surface area (Å²) in [5, 5.41) is 2.96. The highest BCUT2D eigenvalue weighted by atomic mass is 16.5. The first-order valence-electron chi connectivity index (χ1n) is 10.8. The Kier molecular flexibility index (Phi) is 8.44. The van der Waals surface area contributed by atoms with Crippen LogP contribution in [0, 0.1) is 0 Å².